The van der Waals surface area contributed by atoms with Gasteiger partial charge in [0.25, 0.3) is 0 Å². The minimum atomic E-state index is 0.519. The summed E-state index contributed by atoms with van der Waals surface area (Å²) in [5, 5.41) is 0. The van der Waals surface area contributed by atoms with Crippen LogP contribution in [-0.2, 0) is 56.8 Å². The molecule has 0 radical (unpaired) electrons. The number of unbranched alkanes of at least 4 members (excludes halogenated alkanes) is 5. The average molecular weight is 686 g/mol. The smallest absolute Gasteiger partial charge is 0.0701 e. The molecule has 0 unspecified atom stereocenters. The van der Waals surface area contributed by atoms with E-state index < -0.39 is 0 Å². The molecule has 0 aromatic heterocycles. The third-order valence-electron chi connectivity index (χ3n) is 6.42. The first-order valence-corrected chi connectivity index (χ1v) is 17.8. The molecule has 0 atom stereocenters. The van der Waals surface area contributed by atoms with Crippen molar-refractivity contribution >= 4 is 0 Å². The van der Waals surface area contributed by atoms with Gasteiger partial charge in [0.15, 0.2) is 0 Å². The maximum Gasteiger partial charge on any atom is 0.0701 e. The number of nitrogens with zero attached hydrogens (tertiary/aromatic N) is 1. The van der Waals surface area contributed by atoms with Crippen LogP contribution in [0.1, 0.15) is 45.4 Å². The topological polar surface area (TPSA) is 114 Å². The predicted molar refractivity (Wildman–Crippen MR) is 182 cm³/mol. The van der Waals surface area contributed by atoms with Crippen molar-refractivity contribution in [2.45, 2.75) is 45.4 Å². The van der Waals surface area contributed by atoms with Crippen LogP contribution in [0.25, 0.3) is 0 Å². The molecule has 0 heterocycles. The minimum Gasteiger partial charge on any atom is -0.379 e. The molecule has 0 amide bonds. The quantitative estimate of drug-likeness (QED) is 0.0877. The van der Waals surface area contributed by atoms with Gasteiger partial charge in [-0.3, -0.25) is 0 Å². The molecule has 0 bridgehead atoms. The van der Waals surface area contributed by atoms with Crippen molar-refractivity contribution in [2.75, 3.05) is 179 Å². The Morgan fingerprint density at radius 2 is 0.468 bits per heavy atom. The number of hydrogen-bond donors (Lipinski definition) is 0. The van der Waals surface area contributed by atoms with Crippen LogP contribution in [0.5, 0.6) is 0 Å². The zero-order chi connectivity index (χ0) is 34.0. The van der Waals surface area contributed by atoms with E-state index in [1.807, 2.05) is 14.1 Å². The fourth-order valence-corrected chi connectivity index (χ4v) is 3.75. The molecular formula is C34H71NO12. The summed E-state index contributed by atoms with van der Waals surface area (Å²) in [5.74, 6) is 0. The first kappa shape index (κ1) is 46.5. The van der Waals surface area contributed by atoms with E-state index in [0.717, 1.165) is 26.2 Å². The first-order chi connectivity index (χ1) is 23.3. The lowest BCUT2D eigenvalue weighted by Gasteiger charge is -2.10. The van der Waals surface area contributed by atoms with Gasteiger partial charge in [-0.2, -0.15) is 0 Å². The van der Waals surface area contributed by atoms with Gasteiger partial charge in [0.1, 0.15) is 0 Å². The molecule has 0 rings (SSSR count). The van der Waals surface area contributed by atoms with E-state index in [2.05, 4.69) is 11.8 Å². The molecule has 0 aliphatic heterocycles. The summed E-state index contributed by atoms with van der Waals surface area (Å²) < 4.78 is 65.9. The second-order valence-electron chi connectivity index (χ2n) is 10.9. The Morgan fingerprint density at radius 3 is 0.723 bits per heavy atom. The van der Waals surface area contributed by atoms with Gasteiger partial charge >= 0.3 is 0 Å². The van der Waals surface area contributed by atoms with E-state index in [9.17, 15) is 0 Å². The monoisotopic (exact) mass is 685 g/mol. The minimum absolute atomic E-state index is 0.519. The molecule has 47 heavy (non-hydrogen) atoms. The van der Waals surface area contributed by atoms with Gasteiger partial charge in [-0.15, -0.1) is 0 Å². The third-order valence-corrected chi connectivity index (χ3v) is 6.42. The van der Waals surface area contributed by atoms with Crippen LogP contribution in [-0.4, -0.2) is 184 Å². The second-order valence-corrected chi connectivity index (χ2v) is 10.9. The van der Waals surface area contributed by atoms with Gasteiger partial charge < -0.3 is 61.7 Å². The van der Waals surface area contributed by atoms with Gasteiger partial charge in [0, 0.05) is 13.2 Å². The summed E-state index contributed by atoms with van der Waals surface area (Å²) in [5.41, 5.74) is 0. The van der Waals surface area contributed by atoms with E-state index in [1.54, 1.807) is 0 Å². The molecule has 284 valence electrons. The molecule has 13 heteroatoms. The maximum absolute atomic E-state index is 5.59. The van der Waals surface area contributed by atoms with E-state index in [0.29, 0.717) is 145 Å². The van der Waals surface area contributed by atoms with Crippen LogP contribution in [0.4, 0.5) is 0 Å². The van der Waals surface area contributed by atoms with Gasteiger partial charge in [-0.1, -0.05) is 39.0 Å². The zero-order valence-corrected chi connectivity index (χ0v) is 30.3. The number of hydrogen-bond acceptors (Lipinski definition) is 13. The van der Waals surface area contributed by atoms with E-state index >= 15 is 0 Å². The van der Waals surface area contributed by atoms with Crippen molar-refractivity contribution in [2.24, 2.45) is 0 Å². The van der Waals surface area contributed by atoms with Gasteiger partial charge in [-0.05, 0) is 20.5 Å². The number of rotatable bonds is 43. The zero-order valence-electron chi connectivity index (χ0n) is 30.3. The third kappa shape index (κ3) is 45.5. The lowest BCUT2D eigenvalue weighted by atomic mass is 10.1. The average Bonchev–Trinajstić information content (AvgIpc) is 3.07. The van der Waals surface area contributed by atoms with Gasteiger partial charge in [0.2, 0.25) is 0 Å². The highest BCUT2D eigenvalue weighted by Gasteiger charge is 1.97. The van der Waals surface area contributed by atoms with Crippen molar-refractivity contribution in [1.29, 1.82) is 0 Å². The van der Waals surface area contributed by atoms with Crippen LogP contribution >= 0.6 is 0 Å². The van der Waals surface area contributed by atoms with Crippen LogP contribution in [0.2, 0.25) is 0 Å². The molecular weight excluding hydrogens is 614 g/mol. The molecule has 0 spiro atoms. The molecule has 0 aliphatic carbocycles. The standard InChI is InChI=1S/C34H71NO12/c1-4-5-6-7-8-9-11-36-13-15-38-17-19-40-21-23-42-25-27-44-29-31-46-33-34-47-32-30-45-28-26-43-24-22-41-20-18-39-16-14-37-12-10-35(2)3/h4-34H2,1-3H3. The summed E-state index contributed by atoms with van der Waals surface area (Å²) >= 11 is 0. The molecule has 0 aromatic carbocycles. The van der Waals surface area contributed by atoms with Gasteiger partial charge in [-0.25, -0.2) is 0 Å². The van der Waals surface area contributed by atoms with Crippen LogP contribution in [0.15, 0.2) is 0 Å². The predicted octanol–water partition coefficient (Wildman–Crippen LogP) is 3.11. The second kappa shape index (κ2) is 43.5. The van der Waals surface area contributed by atoms with Crippen molar-refractivity contribution in [3.8, 4) is 0 Å². The molecule has 13 nitrogen and oxygen atoms in total. The van der Waals surface area contributed by atoms with Crippen molar-refractivity contribution < 1.29 is 56.8 Å². The summed E-state index contributed by atoms with van der Waals surface area (Å²) in [4.78, 5) is 2.09. The maximum atomic E-state index is 5.59. The van der Waals surface area contributed by atoms with E-state index in [1.165, 1.54) is 32.1 Å². The van der Waals surface area contributed by atoms with Crippen molar-refractivity contribution in [3.63, 3.8) is 0 Å². The molecule has 0 fully saturated rings. The Balaban J connectivity index is 3.04. The lowest BCUT2D eigenvalue weighted by molar-refractivity contribution is -0.0284. The number of likely N-dealkylation sites (N-methyl/N-ethyl adjacent to an activating group) is 1. The SMILES string of the molecule is CCCCCCCCOCCOCCOCCOCCOCCOCCOCCOCCOCCOCCOCCOCCN(C)C. The Labute approximate surface area is 286 Å². The first-order valence-electron chi connectivity index (χ1n) is 17.8. The largest absolute Gasteiger partial charge is 0.379 e. The fraction of sp³-hybridized carbons (Fsp3) is 1.00. The Bertz CT molecular complexity index is 551. The summed E-state index contributed by atoms with van der Waals surface area (Å²) in [7, 11) is 4.04. The van der Waals surface area contributed by atoms with Gasteiger partial charge in [0.05, 0.1) is 152 Å². The summed E-state index contributed by atoms with van der Waals surface area (Å²) in [6.07, 6.45) is 7.69. The van der Waals surface area contributed by atoms with Crippen molar-refractivity contribution in [1.82, 2.24) is 4.90 Å². The molecule has 0 saturated heterocycles. The normalized spacial score (nSPS) is 11.7. The number of ether oxygens (including phenoxy) is 12. The van der Waals surface area contributed by atoms with Crippen LogP contribution in [0, 0.1) is 0 Å². The molecule has 0 aromatic rings. The lowest BCUT2D eigenvalue weighted by Crippen LogP contribution is -2.19. The molecule has 0 saturated carbocycles. The van der Waals surface area contributed by atoms with Crippen LogP contribution in [0.3, 0.4) is 0 Å². The van der Waals surface area contributed by atoms with Crippen molar-refractivity contribution in [3.05, 3.63) is 0 Å². The van der Waals surface area contributed by atoms with Crippen LogP contribution < -0.4 is 0 Å². The summed E-state index contributed by atoms with van der Waals surface area (Å²) in [6, 6.07) is 0. The highest BCUT2D eigenvalue weighted by Crippen LogP contribution is 2.04. The fourth-order valence-electron chi connectivity index (χ4n) is 3.75. The summed E-state index contributed by atoms with van der Waals surface area (Å²) in [6.45, 7) is 16.8. The van der Waals surface area contributed by atoms with E-state index in [4.69, 9.17) is 56.8 Å². The Kier molecular flexibility index (Phi) is 43.0. The Hall–Kier alpha value is -0.520. The highest BCUT2D eigenvalue weighted by atomic mass is 16.6. The van der Waals surface area contributed by atoms with E-state index in [-0.39, 0.29) is 0 Å². The molecule has 0 aliphatic rings. The highest BCUT2D eigenvalue weighted by molar-refractivity contribution is 4.44. The molecule has 0 N–H and O–H groups in total. The Morgan fingerprint density at radius 1 is 0.255 bits per heavy atom.